The maximum absolute atomic E-state index is 13.2. The van der Waals surface area contributed by atoms with Crippen LogP contribution in [0.1, 0.15) is 0 Å². The SMILES string of the molecule is CS(=O)(=O)Nc1ccc2ccc3ncc(-c4cccc([N+](=O)[O-])c4)cc3c(=O)c2c1. The molecular formula is C21H15N3O5S. The summed E-state index contributed by atoms with van der Waals surface area (Å²) in [5.74, 6) is 0. The molecule has 0 saturated carbocycles. The summed E-state index contributed by atoms with van der Waals surface area (Å²) in [6.45, 7) is 0. The van der Waals surface area contributed by atoms with Gasteiger partial charge in [-0.3, -0.25) is 24.6 Å². The van der Waals surface area contributed by atoms with Crippen LogP contribution in [0.4, 0.5) is 11.4 Å². The lowest BCUT2D eigenvalue weighted by molar-refractivity contribution is -0.384. The van der Waals surface area contributed by atoms with Crippen LogP contribution in [0.2, 0.25) is 0 Å². The first-order valence-corrected chi connectivity index (χ1v) is 10.7. The fourth-order valence-electron chi connectivity index (χ4n) is 3.24. The minimum absolute atomic E-state index is 0.0597. The number of non-ortho nitro benzene ring substituents is 1. The van der Waals surface area contributed by atoms with Crippen LogP contribution in [0.15, 0.2) is 71.7 Å². The Balaban J connectivity index is 1.95. The standard InChI is InChI=1S/C21H15N3O5S/c1-30(28,29)23-16-7-5-13-6-8-20-19(21(25)18(13)11-16)10-15(12-22-20)14-3-2-4-17(9-14)24(26)27/h2-12,23H,1H3. The van der Waals surface area contributed by atoms with Gasteiger partial charge in [0.1, 0.15) is 0 Å². The molecule has 30 heavy (non-hydrogen) atoms. The Kier molecular flexibility index (Phi) is 4.67. The van der Waals surface area contributed by atoms with Crippen LogP contribution in [-0.2, 0) is 10.0 Å². The average molecular weight is 421 g/mol. The molecule has 3 aromatic carbocycles. The van der Waals surface area contributed by atoms with Gasteiger partial charge in [-0.05, 0) is 35.2 Å². The van der Waals surface area contributed by atoms with Crippen molar-refractivity contribution in [3.05, 3.63) is 87.2 Å². The minimum Gasteiger partial charge on any atom is -0.289 e. The van der Waals surface area contributed by atoms with Crippen LogP contribution in [0.3, 0.4) is 0 Å². The van der Waals surface area contributed by atoms with Crippen molar-refractivity contribution in [2.75, 3.05) is 11.0 Å². The first-order chi connectivity index (χ1) is 14.2. The fourth-order valence-corrected chi connectivity index (χ4v) is 3.79. The van der Waals surface area contributed by atoms with Gasteiger partial charge in [0, 0.05) is 40.4 Å². The quantitative estimate of drug-likeness (QED) is 0.396. The second kappa shape index (κ2) is 7.20. The molecule has 150 valence electrons. The number of rotatable bonds is 4. The molecule has 0 spiro atoms. The number of nitrogens with zero attached hydrogens (tertiary/aromatic N) is 2. The van der Waals surface area contributed by atoms with Crippen LogP contribution < -0.4 is 10.2 Å². The number of benzene rings is 2. The highest BCUT2D eigenvalue weighted by atomic mass is 32.2. The van der Waals surface area contributed by atoms with E-state index in [1.54, 1.807) is 48.7 Å². The van der Waals surface area contributed by atoms with Crippen LogP contribution >= 0.6 is 0 Å². The van der Waals surface area contributed by atoms with Crippen molar-refractivity contribution in [2.45, 2.75) is 0 Å². The first kappa shape index (κ1) is 19.5. The Bertz CT molecular complexity index is 1500. The van der Waals surface area contributed by atoms with Crippen molar-refractivity contribution in [2.24, 2.45) is 0 Å². The van der Waals surface area contributed by atoms with E-state index in [0.717, 1.165) is 6.26 Å². The van der Waals surface area contributed by atoms with E-state index in [0.29, 0.717) is 32.8 Å². The summed E-state index contributed by atoms with van der Waals surface area (Å²) >= 11 is 0. The molecule has 4 rings (SSSR count). The Morgan fingerprint density at radius 3 is 2.47 bits per heavy atom. The molecule has 0 aliphatic heterocycles. The molecule has 0 radical (unpaired) electrons. The molecule has 0 bridgehead atoms. The number of anilines is 1. The first-order valence-electron chi connectivity index (χ1n) is 8.81. The van der Waals surface area contributed by atoms with Gasteiger partial charge in [0.05, 0.1) is 16.7 Å². The maximum Gasteiger partial charge on any atom is 0.270 e. The molecule has 1 N–H and O–H groups in total. The van der Waals surface area contributed by atoms with E-state index in [9.17, 15) is 23.3 Å². The van der Waals surface area contributed by atoms with Crippen molar-refractivity contribution < 1.29 is 13.3 Å². The van der Waals surface area contributed by atoms with Crippen LogP contribution in [0.5, 0.6) is 0 Å². The molecule has 1 aromatic heterocycles. The van der Waals surface area contributed by atoms with Gasteiger partial charge >= 0.3 is 0 Å². The summed E-state index contributed by atoms with van der Waals surface area (Å²) < 4.78 is 25.4. The van der Waals surface area contributed by atoms with Crippen LogP contribution in [0.25, 0.3) is 32.8 Å². The summed E-state index contributed by atoms with van der Waals surface area (Å²) in [7, 11) is -3.49. The van der Waals surface area contributed by atoms with Gasteiger partial charge in [-0.2, -0.15) is 0 Å². The predicted molar refractivity (Wildman–Crippen MR) is 116 cm³/mol. The molecule has 0 saturated heterocycles. The summed E-state index contributed by atoms with van der Waals surface area (Å²) in [5, 5.41) is 12.3. The Morgan fingerprint density at radius 1 is 0.967 bits per heavy atom. The third-order valence-electron chi connectivity index (χ3n) is 4.58. The van der Waals surface area contributed by atoms with Gasteiger partial charge in [0.15, 0.2) is 5.43 Å². The fraction of sp³-hybridized carbons (Fsp3) is 0.0476. The molecule has 0 amide bonds. The zero-order chi connectivity index (χ0) is 21.5. The van der Waals surface area contributed by atoms with E-state index in [4.69, 9.17) is 0 Å². The molecular weight excluding hydrogens is 406 g/mol. The van der Waals surface area contributed by atoms with Gasteiger partial charge in [-0.1, -0.05) is 24.3 Å². The van der Waals surface area contributed by atoms with Crippen molar-refractivity contribution in [3.63, 3.8) is 0 Å². The summed E-state index contributed by atoms with van der Waals surface area (Å²) in [6, 6.07) is 15.9. The number of nitro benzene ring substituents is 1. The summed E-state index contributed by atoms with van der Waals surface area (Å²) in [6.07, 6.45) is 2.59. The maximum atomic E-state index is 13.2. The lowest BCUT2D eigenvalue weighted by Crippen LogP contribution is -2.10. The Hall–Kier alpha value is -3.85. The Morgan fingerprint density at radius 2 is 1.73 bits per heavy atom. The number of hydrogen-bond acceptors (Lipinski definition) is 6. The molecule has 8 nitrogen and oxygen atoms in total. The molecule has 0 fully saturated rings. The second-order valence-corrected chi connectivity index (χ2v) is 8.55. The van der Waals surface area contributed by atoms with Gasteiger partial charge in [0.25, 0.3) is 5.69 Å². The van der Waals surface area contributed by atoms with Crippen LogP contribution in [0, 0.1) is 10.1 Å². The second-order valence-electron chi connectivity index (χ2n) is 6.80. The number of pyridine rings is 1. The average Bonchev–Trinajstić information content (AvgIpc) is 2.83. The minimum atomic E-state index is -3.49. The van der Waals surface area contributed by atoms with E-state index < -0.39 is 14.9 Å². The lowest BCUT2D eigenvalue weighted by atomic mass is 10.0. The molecule has 0 unspecified atom stereocenters. The normalized spacial score (nSPS) is 11.5. The van der Waals surface area contributed by atoms with E-state index in [-0.39, 0.29) is 16.8 Å². The van der Waals surface area contributed by atoms with E-state index in [1.165, 1.54) is 18.2 Å². The number of fused-ring (bicyclic) bond motifs is 2. The van der Waals surface area contributed by atoms with E-state index in [1.807, 2.05) is 0 Å². The molecule has 0 aliphatic carbocycles. The predicted octanol–water partition coefficient (Wildman–Crippen LogP) is 3.69. The van der Waals surface area contributed by atoms with Gasteiger partial charge in [-0.15, -0.1) is 0 Å². The monoisotopic (exact) mass is 421 g/mol. The Labute approximate surface area is 171 Å². The highest BCUT2D eigenvalue weighted by molar-refractivity contribution is 7.92. The summed E-state index contributed by atoms with van der Waals surface area (Å²) in [4.78, 5) is 28.2. The zero-order valence-corrected chi connectivity index (χ0v) is 16.5. The third-order valence-corrected chi connectivity index (χ3v) is 5.18. The van der Waals surface area contributed by atoms with E-state index in [2.05, 4.69) is 9.71 Å². The molecule has 0 aliphatic rings. The van der Waals surface area contributed by atoms with Crippen molar-refractivity contribution in [1.29, 1.82) is 0 Å². The largest absolute Gasteiger partial charge is 0.289 e. The third kappa shape index (κ3) is 3.83. The molecule has 4 aromatic rings. The van der Waals surface area contributed by atoms with Crippen molar-refractivity contribution in [3.8, 4) is 11.1 Å². The zero-order valence-electron chi connectivity index (χ0n) is 15.7. The smallest absolute Gasteiger partial charge is 0.270 e. The van der Waals surface area contributed by atoms with Gasteiger partial charge < -0.3 is 0 Å². The number of aromatic nitrogens is 1. The number of nitro groups is 1. The highest BCUT2D eigenvalue weighted by Gasteiger charge is 2.11. The van der Waals surface area contributed by atoms with Gasteiger partial charge in [-0.25, -0.2) is 8.42 Å². The highest BCUT2D eigenvalue weighted by Crippen LogP contribution is 2.26. The van der Waals surface area contributed by atoms with Crippen molar-refractivity contribution >= 4 is 43.1 Å². The van der Waals surface area contributed by atoms with Gasteiger partial charge in [0.2, 0.25) is 10.0 Å². The molecule has 9 heteroatoms. The number of hydrogen-bond donors (Lipinski definition) is 1. The molecule has 1 heterocycles. The summed E-state index contributed by atoms with van der Waals surface area (Å²) in [5.41, 5.74) is 1.49. The lowest BCUT2D eigenvalue weighted by Gasteiger charge is -2.04. The van der Waals surface area contributed by atoms with Crippen LogP contribution in [-0.4, -0.2) is 24.6 Å². The van der Waals surface area contributed by atoms with Crippen molar-refractivity contribution in [1.82, 2.24) is 4.98 Å². The van der Waals surface area contributed by atoms with E-state index >= 15 is 0 Å². The molecule has 0 atom stereocenters. The topological polar surface area (TPSA) is 119 Å². The number of sulfonamides is 1. The number of nitrogens with one attached hydrogen (secondary N) is 1.